The number of aromatic nitrogens is 1. The van der Waals surface area contributed by atoms with E-state index in [1.165, 1.54) is 0 Å². The van der Waals surface area contributed by atoms with Gasteiger partial charge in [0.1, 0.15) is 5.76 Å². The first-order valence-corrected chi connectivity index (χ1v) is 3.96. The third-order valence-corrected chi connectivity index (χ3v) is 2.03. The van der Waals surface area contributed by atoms with Gasteiger partial charge < -0.3 is 9.73 Å². The Balaban J connectivity index is 1.95. The molecule has 0 atom stereocenters. The maximum atomic E-state index is 5.35. The van der Waals surface area contributed by atoms with E-state index in [2.05, 4.69) is 10.3 Å². The van der Waals surface area contributed by atoms with Crippen molar-refractivity contribution in [2.24, 2.45) is 5.92 Å². The van der Waals surface area contributed by atoms with Crippen LogP contribution in [0.1, 0.15) is 11.7 Å². The molecular formula is C8H12N2O. The molecule has 0 amide bonds. The minimum atomic E-state index is 0.766. The molecule has 11 heavy (non-hydrogen) atoms. The maximum absolute atomic E-state index is 5.35. The number of nitrogens with zero attached hydrogens (tertiary/aromatic N) is 1. The van der Waals surface area contributed by atoms with Gasteiger partial charge in [-0.3, -0.25) is 0 Å². The average molecular weight is 152 g/mol. The molecule has 1 aliphatic rings. The lowest BCUT2D eigenvalue weighted by molar-refractivity contribution is 0.320. The topological polar surface area (TPSA) is 38.1 Å². The quantitative estimate of drug-likeness (QED) is 0.679. The molecule has 2 heterocycles. The van der Waals surface area contributed by atoms with Crippen LogP contribution in [-0.2, 0) is 6.42 Å². The van der Waals surface area contributed by atoms with E-state index in [4.69, 9.17) is 4.42 Å². The van der Waals surface area contributed by atoms with Gasteiger partial charge in [-0.2, -0.15) is 0 Å². The standard InChI is InChI=1S/C8H12N2O/c1-6-10-5-8(11-6)2-7-3-9-4-7/h5,7,9H,2-4H2,1H3. The molecule has 3 nitrogen and oxygen atoms in total. The number of rotatable bonds is 2. The lowest BCUT2D eigenvalue weighted by atomic mass is 9.98. The maximum Gasteiger partial charge on any atom is 0.191 e. The Morgan fingerprint density at radius 3 is 3.00 bits per heavy atom. The van der Waals surface area contributed by atoms with Crippen LogP contribution < -0.4 is 5.32 Å². The lowest BCUT2D eigenvalue weighted by Gasteiger charge is -2.25. The summed E-state index contributed by atoms with van der Waals surface area (Å²) in [6, 6.07) is 0. The zero-order valence-electron chi connectivity index (χ0n) is 6.63. The van der Waals surface area contributed by atoms with Gasteiger partial charge in [0.05, 0.1) is 6.20 Å². The molecule has 0 unspecified atom stereocenters. The smallest absolute Gasteiger partial charge is 0.191 e. The first kappa shape index (κ1) is 6.85. The van der Waals surface area contributed by atoms with Crippen LogP contribution in [0.3, 0.4) is 0 Å². The van der Waals surface area contributed by atoms with E-state index in [-0.39, 0.29) is 0 Å². The van der Waals surface area contributed by atoms with E-state index in [9.17, 15) is 0 Å². The third kappa shape index (κ3) is 1.43. The van der Waals surface area contributed by atoms with Crippen LogP contribution in [0.5, 0.6) is 0 Å². The third-order valence-electron chi connectivity index (χ3n) is 2.03. The van der Waals surface area contributed by atoms with Crippen molar-refractivity contribution in [2.45, 2.75) is 13.3 Å². The van der Waals surface area contributed by atoms with Gasteiger partial charge in [0.25, 0.3) is 0 Å². The Hall–Kier alpha value is -0.830. The summed E-state index contributed by atoms with van der Waals surface area (Å²) in [6.45, 7) is 4.13. The summed E-state index contributed by atoms with van der Waals surface area (Å²) in [4.78, 5) is 4.04. The minimum absolute atomic E-state index is 0.766. The Kier molecular flexibility index (Phi) is 1.66. The molecule has 0 aromatic carbocycles. The van der Waals surface area contributed by atoms with E-state index in [1.807, 2.05) is 13.1 Å². The SMILES string of the molecule is Cc1ncc(CC2CNC2)o1. The molecule has 1 saturated heterocycles. The molecule has 2 rings (SSSR count). The van der Waals surface area contributed by atoms with Gasteiger partial charge in [0.2, 0.25) is 0 Å². The fourth-order valence-corrected chi connectivity index (χ4v) is 1.28. The van der Waals surface area contributed by atoms with Crippen molar-refractivity contribution in [2.75, 3.05) is 13.1 Å². The Morgan fingerprint density at radius 2 is 2.55 bits per heavy atom. The van der Waals surface area contributed by atoms with Gasteiger partial charge in [-0.1, -0.05) is 0 Å². The van der Waals surface area contributed by atoms with Crippen molar-refractivity contribution in [1.29, 1.82) is 0 Å². The van der Waals surface area contributed by atoms with Crippen LogP contribution >= 0.6 is 0 Å². The van der Waals surface area contributed by atoms with Crippen LogP contribution in [0, 0.1) is 12.8 Å². The second kappa shape index (κ2) is 2.66. The Bertz CT molecular complexity index is 240. The van der Waals surface area contributed by atoms with Crippen LogP contribution in [0.4, 0.5) is 0 Å². The molecular weight excluding hydrogens is 140 g/mol. The fraction of sp³-hybridized carbons (Fsp3) is 0.625. The van der Waals surface area contributed by atoms with E-state index >= 15 is 0 Å². The summed E-state index contributed by atoms with van der Waals surface area (Å²) in [5.41, 5.74) is 0. The van der Waals surface area contributed by atoms with Gasteiger partial charge in [-0.15, -0.1) is 0 Å². The van der Waals surface area contributed by atoms with E-state index < -0.39 is 0 Å². The van der Waals surface area contributed by atoms with Crippen molar-refractivity contribution < 1.29 is 4.42 Å². The Labute approximate surface area is 65.8 Å². The van der Waals surface area contributed by atoms with Crippen molar-refractivity contribution >= 4 is 0 Å². The molecule has 3 heteroatoms. The predicted octanol–water partition coefficient (Wildman–Crippen LogP) is 0.745. The zero-order chi connectivity index (χ0) is 7.68. The molecule has 0 radical (unpaired) electrons. The van der Waals surface area contributed by atoms with Crippen molar-refractivity contribution in [1.82, 2.24) is 10.3 Å². The van der Waals surface area contributed by atoms with Gasteiger partial charge in [-0.05, 0) is 19.0 Å². The number of hydrogen-bond donors (Lipinski definition) is 1. The van der Waals surface area contributed by atoms with Gasteiger partial charge in [-0.25, -0.2) is 4.98 Å². The fourth-order valence-electron chi connectivity index (χ4n) is 1.28. The summed E-state index contributed by atoms with van der Waals surface area (Å²) in [5, 5.41) is 3.23. The van der Waals surface area contributed by atoms with Crippen LogP contribution in [-0.4, -0.2) is 18.1 Å². The molecule has 1 aliphatic heterocycles. The molecule has 1 fully saturated rings. The monoisotopic (exact) mass is 152 g/mol. The van der Waals surface area contributed by atoms with Crippen LogP contribution in [0.15, 0.2) is 10.6 Å². The van der Waals surface area contributed by atoms with Crippen molar-refractivity contribution in [3.05, 3.63) is 17.8 Å². The summed E-state index contributed by atoms with van der Waals surface area (Å²) < 4.78 is 5.35. The zero-order valence-corrected chi connectivity index (χ0v) is 6.63. The molecule has 60 valence electrons. The van der Waals surface area contributed by atoms with E-state index in [0.29, 0.717) is 0 Å². The highest BCUT2D eigenvalue weighted by atomic mass is 16.3. The number of oxazole rings is 1. The van der Waals surface area contributed by atoms with Crippen molar-refractivity contribution in [3.63, 3.8) is 0 Å². The first-order valence-electron chi connectivity index (χ1n) is 3.96. The highest BCUT2D eigenvalue weighted by Gasteiger charge is 2.18. The van der Waals surface area contributed by atoms with Crippen LogP contribution in [0.2, 0.25) is 0 Å². The van der Waals surface area contributed by atoms with E-state index in [0.717, 1.165) is 37.1 Å². The summed E-state index contributed by atoms with van der Waals surface area (Å²) in [7, 11) is 0. The number of aryl methyl sites for hydroxylation is 1. The van der Waals surface area contributed by atoms with Gasteiger partial charge >= 0.3 is 0 Å². The predicted molar refractivity (Wildman–Crippen MR) is 41.3 cm³/mol. The second-order valence-corrected chi connectivity index (χ2v) is 3.07. The van der Waals surface area contributed by atoms with E-state index in [1.54, 1.807) is 0 Å². The summed E-state index contributed by atoms with van der Waals surface area (Å²) in [5.74, 6) is 2.56. The molecule has 1 N–H and O–H groups in total. The normalized spacial score (nSPS) is 18.3. The minimum Gasteiger partial charge on any atom is -0.446 e. The average Bonchev–Trinajstić information content (AvgIpc) is 2.27. The molecule has 0 bridgehead atoms. The molecule has 0 saturated carbocycles. The summed E-state index contributed by atoms with van der Waals surface area (Å²) in [6.07, 6.45) is 2.86. The second-order valence-electron chi connectivity index (χ2n) is 3.07. The summed E-state index contributed by atoms with van der Waals surface area (Å²) >= 11 is 0. The molecule has 0 spiro atoms. The molecule has 1 aromatic rings. The molecule has 1 aromatic heterocycles. The lowest BCUT2D eigenvalue weighted by Crippen LogP contribution is -2.42. The van der Waals surface area contributed by atoms with Crippen LogP contribution in [0.25, 0.3) is 0 Å². The molecule has 0 aliphatic carbocycles. The highest BCUT2D eigenvalue weighted by molar-refractivity contribution is 4.96. The number of nitrogens with one attached hydrogen (secondary N) is 1. The van der Waals surface area contributed by atoms with Gasteiger partial charge in [0.15, 0.2) is 5.89 Å². The van der Waals surface area contributed by atoms with Crippen molar-refractivity contribution in [3.8, 4) is 0 Å². The number of hydrogen-bond acceptors (Lipinski definition) is 3. The van der Waals surface area contributed by atoms with Gasteiger partial charge in [0, 0.05) is 13.3 Å². The Morgan fingerprint density at radius 1 is 1.73 bits per heavy atom. The largest absolute Gasteiger partial charge is 0.446 e. The highest BCUT2D eigenvalue weighted by Crippen LogP contribution is 2.12. The first-order chi connectivity index (χ1) is 5.34.